The zero-order valence-corrected chi connectivity index (χ0v) is 22.8. The van der Waals surface area contributed by atoms with E-state index in [4.69, 9.17) is 9.47 Å². The van der Waals surface area contributed by atoms with Crippen LogP contribution in [0.1, 0.15) is 38.7 Å². The number of likely N-dealkylation sites (tertiary alicyclic amines) is 1. The molecule has 0 spiro atoms. The maximum Gasteiger partial charge on any atom is 0.265 e. The number of piperidine rings is 1. The lowest BCUT2D eigenvalue weighted by molar-refractivity contribution is -0.904. The number of ether oxygens (including phenoxy) is 2. The number of quaternary nitrogens is 1. The van der Waals surface area contributed by atoms with Crippen molar-refractivity contribution in [3.05, 3.63) is 54.1 Å². The van der Waals surface area contributed by atoms with Gasteiger partial charge in [-0.25, -0.2) is 13.9 Å². The van der Waals surface area contributed by atoms with Crippen LogP contribution in [0.4, 0.5) is 0 Å². The summed E-state index contributed by atoms with van der Waals surface area (Å²) < 4.78 is 36.4. The molecule has 1 heterocycles. The molecule has 1 amide bonds. The highest BCUT2D eigenvalue weighted by atomic mass is 35.5. The quantitative estimate of drug-likeness (QED) is 0.185. The third-order valence-corrected chi connectivity index (χ3v) is 8.96. The number of hydrogen-bond donors (Lipinski definition) is 3. The number of amides is 1. The lowest BCUT2D eigenvalue weighted by Gasteiger charge is -2.27. The van der Waals surface area contributed by atoms with Gasteiger partial charge in [-0.15, -0.1) is 5.92 Å². The molecule has 1 atom stereocenters. The van der Waals surface area contributed by atoms with Crippen molar-refractivity contribution in [2.24, 2.45) is 0 Å². The molecule has 1 aliphatic rings. The fraction of sp³-hybridized carbons (Fsp3) is 0.444. The van der Waals surface area contributed by atoms with Crippen molar-refractivity contribution in [3.8, 4) is 23.3 Å². The summed E-state index contributed by atoms with van der Waals surface area (Å²) in [6.07, 6.45) is 3.70. The number of sulfone groups is 1. The second-order valence-electron chi connectivity index (χ2n) is 9.09. The van der Waals surface area contributed by atoms with Crippen molar-refractivity contribution in [2.45, 2.75) is 49.2 Å². The molecule has 1 fully saturated rings. The molecule has 2 aromatic rings. The zero-order valence-electron chi connectivity index (χ0n) is 21.3. The maximum atomic E-state index is 13.5. The van der Waals surface area contributed by atoms with Crippen LogP contribution in [0.15, 0.2) is 53.4 Å². The monoisotopic (exact) mass is 550 g/mol. The number of hydroxylamine groups is 1. The van der Waals surface area contributed by atoms with Gasteiger partial charge in [-0.1, -0.05) is 18.1 Å². The number of nitrogens with one attached hydrogen (secondary N) is 2. The molecule has 37 heavy (non-hydrogen) atoms. The van der Waals surface area contributed by atoms with Crippen LogP contribution in [-0.4, -0.2) is 57.1 Å². The smallest absolute Gasteiger partial charge is 0.265 e. The largest absolute Gasteiger partial charge is 1.00 e. The third-order valence-electron chi connectivity index (χ3n) is 6.55. The summed E-state index contributed by atoms with van der Waals surface area (Å²) in [5.41, 5.74) is 2.15. The zero-order chi connectivity index (χ0) is 26.0. The number of hydrogen-bond acceptors (Lipinski definition) is 6. The number of rotatable bonds is 11. The van der Waals surface area contributed by atoms with Crippen molar-refractivity contribution in [1.82, 2.24) is 5.48 Å². The van der Waals surface area contributed by atoms with Gasteiger partial charge in [0, 0.05) is 6.42 Å². The molecule has 1 saturated heterocycles. The molecule has 0 saturated carbocycles. The van der Waals surface area contributed by atoms with Crippen LogP contribution in [0.3, 0.4) is 0 Å². The van der Waals surface area contributed by atoms with E-state index in [0.717, 1.165) is 6.54 Å². The van der Waals surface area contributed by atoms with Crippen LogP contribution in [-0.2, 0) is 21.1 Å². The first-order valence-electron chi connectivity index (χ1n) is 12.2. The topological polar surface area (TPSA) is 106 Å². The van der Waals surface area contributed by atoms with Gasteiger partial charge in [0.25, 0.3) is 5.91 Å². The van der Waals surface area contributed by atoms with E-state index in [1.807, 2.05) is 0 Å². The SMILES string of the molecule is CC#CCOc1ccc(S(=O)(=O)C(C)(Cc2ccc(OCC[NH+]3CCCCC3)cc2)C(=O)NO)cc1.[Cl-]. The Kier molecular flexibility index (Phi) is 11.7. The van der Waals surface area contributed by atoms with Crippen molar-refractivity contribution >= 4 is 15.7 Å². The van der Waals surface area contributed by atoms with E-state index >= 15 is 0 Å². The summed E-state index contributed by atoms with van der Waals surface area (Å²) in [5, 5.41) is 9.35. The Bertz CT molecular complexity index is 1170. The van der Waals surface area contributed by atoms with Gasteiger partial charge in [0.1, 0.15) is 31.3 Å². The van der Waals surface area contributed by atoms with E-state index in [0.29, 0.717) is 23.7 Å². The van der Waals surface area contributed by atoms with Crippen molar-refractivity contribution < 1.29 is 45.2 Å². The van der Waals surface area contributed by atoms with Crippen LogP contribution in [0.25, 0.3) is 0 Å². The minimum Gasteiger partial charge on any atom is -1.00 e. The first kappa shape index (κ1) is 30.5. The predicted octanol–water partition coefficient (Wildman–Crippen LogP) is -1.18. The minimum absolute atomic E-state index is 0. The highest BCUT2D eigenvalue weighted by Crippen LogP contribution is 2.31. The summed E-state index contributed by atoms with van der Waals surface area (Å²) in [6, 6.07) is 12.8. The lowest BCUT2D eigenvalue weighted by atomic mass is 9.99. The van der Waals surface area contributed by atoms with Crippen LogP contribution in [0, 0.1) is 11.8 Å². The van der Waals surface area contributed by atoms with Crippen LogP contribution in [0.5, 0.6) is 11.5 Å². The van der Waals surface area contributed by atoms with E-state index in [1.54, 1.807) is 36.1 Å². The van der Waals surface area contributed by atoms with E-state index < -0.39 is 20.5 Å². The molecule has 10 heteroatoms. The van der Waals surface area contributed by atoms with Gasteiger partial charge in [0.2, 0.25) is 0 Å². The number of halogens is 1. The van der Waals surface area contributed by atoms with Gasteiger partial charge in [0.15, 0.2) is 14.6 Å². The number of benzene rings is 2. The molecule has 202 valence electrons. The Balaban J connectivity index is 0.00000481. The van der Waals surface area contributed by atoms with Gasteiger partial charge in [0.05, 0.1) is 18.0 Å². The van der Waals surface area contributed by atoms with Gasteiger partial charge in [-0.3, -0.25) is 10.0 Å². The van der Waals surface area contributed by atoms with Gasteiger partial charge < -0.3 is 26.8 Å². The number of carbonyl (C=O) groups is 1. The Morgan fingerprint density at radius 1 is 1.03 bits per heavy atom. The molecule has 3 rings (SSSR count). The summed E-state index contributed by atoms with van der Waals surface area (Å²) in [5.74, 6) is 5.62. The second-order valence-corrected chi connectivity index (χ2v) is 11.5. The van der Waals surface area contributed by atoms with Crippen molar-refractivity contribution in [1.29, 1.82) is 0 Å². The molecule has 8 nitrogen and oxygen atoms in total. The molecule has 0 radical (unpaired) electrons. The Labute approximate surface area is 225 Å². The summed E-state index contributed by atoms with van der Waals surface area (Å²) >= 11 is 0. The molecule has 3 N–H and O–H groups in total. The predicted molar refractivity (Wildman–Crippen MR) is 136 cm³/mol. The van der Waals surface area contributed by atoms with Gasteiger partial charge in [-0.2, -0.15) is 0 Å². The maximum absolute atomic E-state index is 13.5. The fourth-order valence-corrected chi connectivity index (χ4v) is 5.95. The van der Waals surface area contributed by atoms with Gasteiger partial charge in [-0.05, 0) is 75.1 Å². The average molecular weight is 551 g/mol. The molecule has 0 aliphatic carbocycles. The first-order valence-corrected chi connectivity index (χ1v) is 13.7. The Hall–Kier alpha value is -2.77. The molecule has 1 aliphatic heterocycles. The van der Waals surface area contributed by atoms with E-state index in [9.17, 15) is 18.4 Å². The standard InChI is InChI=1S/C27H34N2O6S.ClH/c1-3-4-19-34-24-12-14-25(15-13-24)36(32,33)27(2,26(30)28-31)21-22-8-10-23(11-9-22)35-20-18-29-16-6-5-7-17-29;/h8-15,31H,5-7,16-21H2,1-2H3,(H,28,30);1H. The summed E-state index contributed by atoms with van der Waals surface area (Å²) in [7, 11) is -4.18. The number of carbonyl (C=O) groups excluding carboxylic acids is 1. The highest BCUT2D eigenvalue weighted by molar-refractivity contribution is 7.93. The fourth-order valence-electron chi connectivity index (χ4n) is 4.29. The molecule has 1 unspecified atom stereocenters. The normalized spacial score (nSPS) is 15.3. The Morgan fingerprint density at radius 2 is 1.62 bits per heavy atom. The van der Waals surface area contributed by atoms with Crippen LogP contribution < -0.4 is 32.3 Å². The minimum atomic E-state index is -4.18. The van der Waals surface area contributed by atoms with Crippen LogP contribution in [0.2, 0.25) is 0 Å². The van der Waals surface area contributed by atoms with E-state index in [2.05, 4.69) is 11.8 Å². The lowest BCUT2D eigenvalue weighted by Crippen LogP contribution is -3.13. The van der Waals surface area contributed by atoms with Crippen molar-refractivity contribution in [2.75, 3.05) is 32.8 Å². The van der Waals surface area contributed by atoms with Crippen LogP contribution >= 0.6 is 0 Å². The highest BCUT2D eigenvalue weighted by Gasteiger charge is 2.47. The Morgan fingerprint density at radius 3 is 2.22 bits per heavy atom. The molecule has 0 aromatic heterocycles. The third kappa shape index (κ3) is 7.86. The second kappa shape index (κ2) is 14.2. The molecular formula is C27H35ClN2O6S. The molecular weight excluding hydrogens is 516 g/mol. The average Bonchev–Trinajstić information content (AvgIpc) is 2.90. The molecule has 0 bridgehead atoms. The summed E-state index contributed by atoms with van der Waals surface area (Å²) in [4.78, 5) is 14.2. The van der Waals surface area contributed by atoms with Gasteiger partial charge >= 0.3 is 0 Å². The molecule has 2 aromatic carbocycles. The van der Waals surface area contributed by atoms with Crippen molar-refractivity contribution in [3.63, 3.8) is 0 Å². The van der Waals surface area contributed by atoms with E-state index in [1.165, 1.54) is 69.0 Å². The first-order chi connectivity index (χ1) is 17.3. The van der Waals surface area contributed by atoms with E-state index in [-0.39, 0.29) is 30.3 Å². The summed E-state index contributed by atoms with van der Waals surface area (Å²) in [6.45, 7) is 7.12.